The maximum absolute atomic E-state index is 13.0. The lowest BCUT2D eigenvalue weighted by atomic mass is 9.96. The predicted octanol–water partition coefficient (Wildman–Crippen LogP) is 5.39. The molecule has 0 radical (unpaired) electrons. The number of halogens is 2. The van der Waals surface area contributed by atoms with Gasteiger partial charge in [0, 0.05) is 5.56 Å². The van der Waals surface area contributed by atoms with Crippen molar-refractivity contribution in [2.75, 3.05) is 7.11 Å². The fourth-order valence-corrected chi connectivity index (χ4v) is 2.64. The smallest absolute Gasteiger partial charge is 0.140 e. The molecule has 0 bridgehead atoms. The van der Waals surface area contributed by atoms with Gasteiger partial charge in [0.05, 0.1) is 11.6 Å². The van der Waals surface area contributed by atoms with Crippen LogP contribution in [0.1, 0.15) is 25.3 Å². The summed E-state index contributed by atoms with van der Waals surface area (Å²) in [6.45, 7) is 4.28. The largest absolute Gasteiger partial charge is 0.495 e. The molecule has 0 unspecified atom stereocenters. The summed E-state index contributed by atoms with van der Waals surface area (Å²) in [7, 11) is 1.64. The molecule has 0 atom stereocenters. The number of hydrogen-bond acceptors (Lipinski definition) is 1. The second-order valence-electron chi connectivity index (χ2n) is 4.75. The Morgan fingerprint density at radius 3 is 2.26 bits per heavy atom. The van der Waals surface area contributed by atoms with E-state index in [1.807, 2.05) is 0 Å². The molecule has 3 heteroatoms. The van der Waals surface area contributed by atoms with Crippen molar-refractivity contribution in [3.8, 4) is 16.9 Å². The van der Waals surface area contributed by atoms with Gasteiger partial charge in [-0.05, 0) is 57.2 Å². The summed E-state index contributed by atoms with van der Waals surface area (Å²) >= 11 is 3.54. The standard InChI is InChI=1S/C16H16BrFO/c1-10(2)12-8-14(16(19-3)15(17)9-12)11-4-6-13(18)7-5-11/h4-10H,1-3H3. The van der Waals surface area contributed by atoms with E-state index in [0.717, 1.165) is 21.3 Å². The summed E-state index contributed by atoms with van der Waals surface area (Å²) in [5, 5.41) is 0. The van der Waals surface area contributed by atoms with E-state index >= 15 is 0 Å². The van der Waals surface area contributed by atoms with E-state index < -0.39 is 0 Å². The summed E-state index contributed by atoms with van der Waals surface area (Å²) < 4.78 is 19.4. The highest BCUT2D eigenvalue weighted by atomic mass is 79.9. The molecule has 0 aliphatic carbocycles. The summed E-state index contributed by atoms with van der Waals surface area (Å²) in [5.74, 6) is 0.958. The monoisotopic (exact) mass is 322 g/mol. The summed E-state index contributed by atoms with van der Waals surface area (Å²) in [6, 6.07) is 10.6. The van der Waals surface area contributed by atoms with E-state index in [4.69, 9.17) is 4.74 Å². The first-order valence-electron chi connectivity index (χ1n) is 6.16. The first-order chi connectivity index (χ1) is 9.02. The molecule has 2 rings (SSSR count). The van der Waals surface area contributed by atoms with Gasteiger partial charge in [-0.25, -0.2) is 4.39 Å². The third-order valence-corrected chi connectivity index (χ3v) is 3.68. The van der Waals surface area contributed by atoms with Crippen molar-refractivity contribution in [1.29, 1.82) is 0 Å². The molecule has 100 valence electrons. The van der Waals surface area contributed by atoms with Gasteiger partial charge in [0.2, 0.25) is 0 Å². The zero-order chi connectivity index (χ0) is 14.0. The number of ether oxygens (including phenoxy) is 1. The van der Waals surface area contributed by atoms with Gasteiger partial charge in [-0.3, -0.25) is 0 Å². The number of rotatable bonds is 3. The van der Waals surface area contributed by atoms with Crippen molar-refractivity contribution in [1.82, 2.24) is 0 Å². The van der Waals surface area contributed by atoms with Crippen LogP contribution in [0.25, 0.3) is 11.1 Å². The summed E-state index contributed by atoms with van der Waals surface area (Å²) in [6.07, 6.45) is 0. The number of benzene rings is 2. The van der Waals surface area contributed by atoms with Gasteiger partial charge in [-0.2, -0.15) is 0 Å². The van der Waals surface area contributed by atoms with Crippen LogP contribution in [0.5, 0.6) is 5.75 Å². The fourth-order valence-electron chi connectivity index (χ4n) is 2.00. The van der Waals surface area contributed by atoms with Gasteiger partial charge in [0.15, 0.2) is 0 Å². The maximum atomic E-state index is 13.0. The van der Waals surface area contributed by atoms with E-state index in [-0.39, 0.29) is 5.82 Å². The minimum Gasteiger partial charge on any atom is -0.495 e. The molecule has 2 aromatic rings. The van der Waals surface area contributed by atoms with Crippen molar-refractivity contribution in [3.05, 3.63) is 52.3 Å². The Labute approximate surface area is 121 Å². The van der Waals surface area contributed by atoms with Crippen LogP contribution in [-0.4, -0.2) is 7.11 Å². The van der Waals surface area contributed by atoms with Crippen LogP contribution in [0.2, 0.25) is 0 Å². The summed E-state index contributed by atoms with van der Waals surface area (Å²) in [5.41, 5.74) is 3.13. The second kappa shape index (κ2) is 5.74. The zero-order valence-corrected chi connectivity index (χ0v) is 12.8. The zero-order valence-electron chi connectivity index (χ0n) is 11.2. The third-order valence-electron chi connectivity index (χ3n) is 3.09. The topological polar surface area (TPSA) is 9.23 Å². The molecule has 1 nitrogen and oxygen atoms in total. The van der Waals surface area contributed by atoms with Crippen molar-refractivity contribution in [3.63, 3.8) is 0 Å². The molecule has 0 spiro atoms. The average Bonchev–Trinajstić information content (AvgIpc) is 2.38. The average molecular weight is 323 g/mol. The first kappa shape index (κ1) is 14.1. The Hall–Kier alpha value is -1.35. The lowest BCUT2D eigenvalue weighted by Crippen LogP contribution is -1.94. The molecule has 0 saturated carbocycles. The minimum atomic E-state index is -0.234. The van der Waals surface area contributed by atoms with Crippen LogP contribution in [0.15, 0.2) is 40.9 Å². The van der Waals surface area contributed by atoms with Crippen LogP contribution < -0.4 is 4.74 Å². The molecule has 0 heterocycles. The number of methoxy groups -OCH3 is 1. The highest BCUT2D eigenvalue weighted by Gasteiger charge is 2.13. The van der Waals surface area contributed by atoms with Crippen molar-refractivity contribution in [2.45, 2.75) is 19.8 Å². The molecule has 0 amide bonds. The molecule has 2 aromatic carbocycles. The van der Waals surface area contributed by atoms with Gasteiger partial charge in [0.1, 0.15) is 11.6 Å². The lowest BCUT2D eigenvalue weighted by Gasteiger charge is -2.15. The van der Waals surface area contributed by atoms with Gasteiger partial charge < -0.3 is 4.74 Å². The SMILES string of the molecule is COc1c(Br)cc(C(C)C)cc1-c1ccc(F)cc1. The molecule has 0 aliphatic heterocycles. The Morgan fingerprint density at radius 2 is 1.74 bits per heavy atom. The molecular weight excluding hydrogens is 307 g/mol. The Morgan fingerprint density at radius 1 is 1.11 bits per heavy atom. The second-order valence-corrected chi connectivity index (χ2v) is 5.60. The van der Waals surface area contributed by atoms with Gasteiger partial charge in [-0.1, -0.05) is 26.0 Å². The molecule has 19 heavy (non-hydrogen) atoms. The normalized spacial score (nSPS) is 10.8. The van der Waals surface area contributed by atoms with Crippen LogP contribution in [0, 0.1) is 5.82 Å². The molecule has 0 aliphatic rings. The fraction of sp³-hybridized carbons (Fsp3) is 0.250. The van der Waals surface area contributed by atoms with Crippen LogP contribution >= 0.6 is 15.9 Å². The van der Waals surface area contributed by atoms with Crippen molar-refractivity contribution >= 4 is 15.9 Å². The van der Waals surface area contributed by atoms with Crippen molar-refractivity contribution < 1.29 is 9.13 Å². The highest BCUT2D eigenvalue weighted by Crippen LogP contribution is 2.39. The lowest BCUT2D eigenvalue weighted by molar-refractivity contribution is 0.413. The molecule has 0 aromatic heterocycles. The predicted molar refractivity (Wildman–Crippen MR) is 80.2 cm³/mol. The van der Waals surface area contributed by atoms with Gasteiger partial charge in [-0.15, -0.1) is 0 Å². The Balaban J connectivity index is 2.62. The van der Waals surface area contributed by atoms with E-state index in [1.54, 1.807) is 19.2 Å². The van der Waals surface area contributed by atoms with E-state index in [0.29, 0.717) is 5.92 Å². The number of hydrogen-bond donors (Lipinski definition) is 0. The Kier molecular flexibility index (Phi) is 4.25. The van der Waals surface area contributed by atoms with E-state index in [9.17, 15) is 4.39 Å². The van der Waals surface area contributed by atoms with Gasteiger partial charge in [0.25, 0.3) is 0 Å². The molecule has 0 N–H and O–H groups in total. The molecular formula is C16H16BrFO. The van der Waals surface area contributed by atoms with E-state index in [1.165, 1.54) is 17.7 Å². The highest BCUT2D eigenvalue weighted by molar-refractivity contribution is 9.10. The third kappa shape index (κ3) is 2.98. The van der Waals surface area contributed by atoms with Crippen LogP contribution in [-0.2, 0) is 0 Å². The van der Waals surface area contributed by atoms with Gasteiger partial charge >= 0.3 is 0 Å². The van der Waals surface area contributed by atoms with Crippen molar-refractivity contribution in [2.24, 2.45) is 0 Å². The van der Waals surface area contributed by atoms with E-state index in [2.05, 4.69) is 41.9 Å². The van der Waals surface area contributed by atoms with Crippen LogP contribution in [0.3, 0.4) is 0 Å². The molecule has 0 saturated heterocycles. The maximum Gasteiger partial charge on any atom is 0.140 e. The van der Waals surface area contributed by atoms with Crippen LogP contribution in [0.4, 0.5) is 4.39 Å². The molecule has 0 fully saturated rings. The Bertz CT molecular complexity index is 576. The summed E-state index contributed by atoms with van der Waals surface area (Å²) in [4.78, 5) is 0. The first-order valence-corrected chi connectivity index (χ1v) is 6.95. The quantitative estimate of drug-likeness (QED) is 0.736. The minimum absolute atomic E-state index is 0.234.